The Balaban J connectivity index is 0.00000208. The van der Waals surface area contributed by atoms with Gasteiger partial charge in [0.2, 0.25) is 0 Å². The molecule has 2 saturated heterocycles. The number of hydrogen-bond acceptors (Lipinski definition) is 5. The van der Waals surface area contributed by atoms with E-state index in [0.717, 1.165) is 64.5 Å². The Morgan fingerprint density at radius 1 is 0.917 bits per heavy atom. The molecule has 5 nitrogen and oxygen atoms in total. The molecule has 0 atom stereocenters. The van der Waals surface area contributed by atoms with Gasteiger partial charge in [-0.1, -0.05) is 0 Å². The zero-order chi connectivity index (χ0) is 16.1. The van der Waals surface area contributed by atoms with Gasteiger partial charge in [-0.3, -0.25) is 0 Å². The minimum absolute atomic E-state index is 0. The third-order valence-corrected chi connectivity index (χ3v) is 9.52. The zero-order valence-corrected chi connectivity index (χ0v) is 17.7. The number of benzene rings is 1. The molecule has 0 radical (unpaired) electrons. The molecule has 0 saturated carbocycles. The molecule has 0 bridgehead atoms. The van der Waals surface area contributed by atoms with E-state index in [1.165, 1.54) is 5.30 Å². The van der Waals surface area contributed by atoms with Gasteiger partial charge in [0.25, 0.3) is 0 Å². The topological polar surface area (TPSA) is 34.2 Å². The molecule has 0 spiro atoms. The van der Waals surface area contributed by atoms with Gasteiger partial charge in [0.05, 0.1) is 65.9 Å². The van der Waals surface area contributed by atoms with Gasteiger partial charge in [0.1, 0.15) is 11.1 Å². The number of rotatable bonds is 5. The number of morpholine rings is 2. The van der Waals surface area contributed by atoms with Gasteiger partial charge in [0, 0.05) is 0 Å². The summed E-state index contributed by atoms with van der Waals surface area (Å²) in [7, 11) is 0.164. The van der Waals surface area contributed by atoms with Crippen molar-refractivity contribution in [1.29, 1.82) is 0 Å². The van der Waals surface area contributed by atoms with Gasteiger partial charge in [0.15, 0.2) is 7.56 Å². The van der Waals surface area contributed by atoms with Gasteiger partial charge in [-0.2, -0.15) is 9.34 Å². The Morgan fingerprint density at radius 3 is 1.75 bits per heavy atom. The second kappa shape index (κ2) is 9.64. The van der Waals surface area contributed by atoms with E-state index < -0.39 is 7.56 Å². The minimum Gasteiger partial charge on any atom is -1.00 e. The predicted molar refractivity (Wildman–Crippen MR) is 94.9 cm³/mol. The molecule has 24 heavy (non-hydrogen) atoms. The summed E-state index contributed by atoms with van der Waals surface area (Å²) in [6, 6.07) is 8.73. The highest BCUT2D eigenvalue weighted by Crippen LogP contribution is 2.63. The lowest BCUT2D eigenvalue weighted by molar-refractivity contribution is -0.00000663. The van der Waals surface area contributed by atoms with Crippen molar-refractivity contribution in [3.05, 3.63) is 24.3 Å². The summed E-state index contributed by atoms with van der Waals surface area (Å²) in [5.74, 6) is 0.923. The molecule has 0 aliphatic carbocycles. The molecule has 2 aliphatic heterocycles. The SMILES string of the molecule is CC[P+](c1ccc(OC)cc1)(N1CCOCC1)N1CCOCC1.[I-]. The van der Waals surface area contributed by atoms with Crippen LogP contribution in [0, 0.1) is 0 Å². The van der Waals surface area contributed by atoms with Crippen molar-refractivity contribution in [3.8, 4) is 5.75 Å². The van der Waals surface area contributed by atoms with E-state index in [4.69, 9.17) is 14.2 Å². The average Bonchev–Trinajstić information content (AvgIpc) is 2.65. The van der Waals surface area contributed by atoms with Crippen LogP contribution in [0.5, 0.6) is 5.75 Å². The van der Waals surface area contributed by atoms with E-state index >= 15 is 0 Å². The highest BCUT2D eigenvalue weighted by Gasteiger charge is 2.52. The van der Waals surface area contributed by atoms with Crippen molar-refractivity contribution < 1.29 is 38.2 Å². The third-order valence-electron chi connectivity index (χ3n) is 4.84. The molecule has 1 aromatic carbocycles. The van der Waals surface area contributed by atoms with Gasteiger partial charge in [-0.05, 0) is 31.2 Å². The van der Waals surface area contributed by atoms with Crippen LogP contribution in [0.15, 0.2) is 24.3 Å². The fourth-order valence-corrected chi connectivity index (χ4v) is 8.13. The Morgan fingerprint density at radius 2 is 1.38 bits per heavy atom. The maximum absolute atomic E-state index is 5.61. The molecule has 2 aliphatic rings. The van der Waals surface area contributed by atoms with Crippen LogP contribution >= 0.6 is 7.56 Å². The summed E-state index contributed by atoms with van der Waals surface area (Å²) in [6.07, 6.45) is 1.15. The molecule has 7 heteroatoms. The normalized spacial score (nSPS) is 20.4. The summed E-state index contributed by atoms with van der Waals surface area (Å²) in [6.45, 7) is 9.75. The van der Waals surface area contributed by atoms with Crippen LogP contribution in [0.1, 0.15) is 6.92 Å². The highest BCUT2D eigenvalue weighted by atomic mass is 127. The van der Waals surface area contributed by atoms with Gasteiger partial charge >= 0.3 is 0 Å². The number of nitrogens with zero attached hydrogens (tertiary/aromatic N) is 2. The van der Waals surface area contributed by atoms with E-state index in [0.29, 0.717) is 0 Å². The van der Waals surface area contributed by atoms with E-state index in [-0.39, 0.29) is 24.0 Å². The molecule has 136 valence electrons. The minimum atomic E-state index is -1.56. The maximum atomic E-state index is 5.61. The van der Waals surface area contributed by atoms with Crippen molar-refractivity contribution in [3.63, 3.8) is 0 Å². The fraction of sp³-hybridized carbons (Fsp3) is 0.647. The second-order valence-corrected chi connectivity index (χ2v) is 9.62. The van der Waals surface area contributed by atoms with Crippen LogP contribution in [0.2, 0.25) is 0 Å². The number of halogens is 1. The Kier molecular flexibility index (Phi) is 8.17. The molecule has 3 rings (SSSR count). The third kappa shape index (κ3) is 4.05. The Labute approximate surface area is 163 Å². The van der Waals surface area contributed by atoms with Crippen LogP contribution in [0.4, 0.5) is 0 Å². The summed E-state index contributed by atoms with van der Waals surface area (Å²) < 4.78 is 22.0. The first kappa shape index (κ1) is 20.3. The van der Waals surface area contributed by atoms with Crippen molar-refractivity contribution >= 4 is 12.9 Å². The van der Waals surface area contributed by atoms with Crippen LogP contribution in [0.25, 0.3) is 0 Å². The molecule has 0 unspecified atom stereocenters. The van der Waals surface area contributed by atoms with Crippen molar-refractivity contribution in [2.45, 2.75) is 6.92 Å². The first-order valence-corrected chi connectivity index (χ1v) is 10.4. The number of methoxy groups -OCH3 is 1. The van der Waals surface area contributed by atoms with E-state index in [1.807, 2.05) is 0 Å². The van der Waals surface area contributed by atoms with Crippen LogP contribution < -0.4 is 34.0 Å². The summed E-state index contributed by atoms with van der Waals surface area (Å²) in [4.78, 5) is 0. The van der Waals surface area contributed by atoms with Crippen molar-refractivity contribution in [1.82, 2.24) is 9.34 Å². The quantitative estimate of drug-likeness (QED) is 0.405. The smallest absolute Gasteiger partial charge is 0.185 e. The van der Waals surface area contributed by atoms with Crippen LogP contribution in [-0.2, 0) is 9.47 Å². The lowest BCUT2D eigenvalue weighted by atomic mass is 10.3. The maximum Gasteiger partial charge on any atom is 0.185 e. The van der Waals surface area contributed by atoms with Gasteiger partial charge < -0.3 is 38.2 Å². The molecule has 2 fully saturated rings. The van der Waals surface area contributed by atoms with E-state index in [9.17, 15) is 0 Å². The average molecular weight is 466 g/mol. The molecule has 2 heterocycles. The molecular weight excluding hydrogens is 438 g/mol. The lowest BCUT2D eigenvalue weighted by Crippen LogP contribution is -3.00. The lowest BCUT2D eigenvalue weighted by Gasteiger charge is -2.45. The number of ether oxygens (including phenoxy) is 3. The summed E-state index contributed by atoms with van der Waals surface area (Å²) >= 11 is 0. The summed E-state index contributed by atoms with van der Waals surface area (Å²) in [5.41, 5.74) is 0. The number of hydrogen-bond donors (Lipinski definition) is 0. The van der Waals surface area contributed by atoms with Gasteiger partial charge in [-0.25, -0.2) is 0 Å². The standard InChI is InChI=1S/C17H28N2O3P.HI/c1-3-23(18-8-12-21-13-9-18,19-10-14-22-15-11-19)17-6-4-16(20-2)5-7-17;/h4-7H,3,8-15H2,1-2H3;1H/q+1;/p-1. The monoisotopic (exact) mass is 466 g/mol. The second-order valence-electron chi connectivity index (χ2n) is 5.88. The summed E-state index contributed by atoms with van der Waals surface area (Å²) in [5, 5.41) is 1.45. The van der Waals surface area contributed by atoms with Crippen LogP contribution in [-0.4, -0.2) is 75.2 Å². The van der Waals surface area contributed by atoms with Gasteiger partial charge in [-0.15, -0.1) is 0 Å². The fourth-order valence-electron chi connectivity index (χ4n) is 3.68. The molecule has 0 N–H and O–H groups in total. The molecule has 0 aromatic heterocycles. The van der Waals surface area contributed by atoms with E-state index in [2.05, 4.69) is 40.5 Å². The first-order chi connectivity index (χ1) is 11.3. The first-order valence-electron chi connectivity index (χ1n) is 8.50. The highest BCUT2D eigenvalue weighted by molar-refractivity contribution is 7.78. The Bertz CT molecular complexity index is 473. The zero-order valence-electron chi connectivity index (χ0n) is 14.6. The largest absolute Gasteiger partial charge is 1.00 e. The Hall–Kier alpha value is 0.0200. The molecule has 1 aromatic rings. The molecule has 0 amide bonds. The van der Waals surface area contributed by atoms with Crippen LogP contribution in [0.3, 0.4) is 0 Å². The molecular formula is C17H28IN2O3P. The van der Waals surface area contributed by atoms with Crippen molar-refractivity contribution in [2.24, 2.45) is 0 Å². The van der Waals surface area contributed by atoms with Crippen molar-refractivity contribution in [2.75, 3.05) is 65.9 Å². The predicted octanol–water partition coefficient (Wildman–Crippen LogP) is -1.14. The van der Waals surface area contributed by atoms with E-state index in [1.54, 1.807) is 7.11 Å².